The van der Waals surface area contributed by atoms with E-state index in [4.69, 9.17) is 14.5 Å². The number of nitrogens with zero attached hydrogens (tertiary/aromatic N) is 5. The number of carbonyl (C=O) groups is 1. The lowest BCUT2D eigenvalue weighted by Gasteiger charge is -2.20. The number of rotatable bonds is 7. The molecule has 4 rings (SSSR count). The van der Waals surface area contributed by atoms with Gasteiger partial charge in [0.2, 0.25) is 0 Å². The first-order valence-electron chi connectivity index (χ1n) is 11.2. The molecule has 0 saturated heterocycles. The number of hydrogen-bond acceptors (Lipinski definition) is 7. The summed E-state index contributed by atoms with van der Waals surface area (Å²) in [6.45, 7) is 1.82. The molecule has 0 radical (unpaired) electrons. The zero-order valence-corrected chi connectivity index (χ0v) is 21.3. The van der Waals surface area contributed by atoms with E-state index in [-0.39, 0.29) is 34.8 Å². The molecule has 39 heavy (non-hydrogen) atoms. The van der Waals surface area contributed by atoms with Gasteiger partial charge in [-0.15, -0.1) is 0 Å². The number of nitriles is 1. The number of ether oxygens (including phenoxy) is 1. The van der Waals surface area contributed by atoms with Crippen molar-refractivity contribution in [1.29, 1.82) is 5.26 Å². The van der Waals surface area contributed by atoms with E-state index >= 15 is 0 Å². The van der Waals surface area contributed by atoms with Crippen molar-refractivity contribution in [3.05, 3.63) is 77.0 Å². The third-order valence-corrected chi connectivity index (χ3v) is 6.19. The second kappa shape index (κ2) is 10.6. The molecular formula is C24H21F3N5O6P. The first-order valence-corrected chi connectivity index (χ1v) is 12.8. The highest BCUT2D eigenvalue weighted by Gasteiger charge is 2.43. The van der Waals surface area contributed by atoms with E-state index in [2.05, 4.69) is 14.6 Å². The molecule has 11 nitrogen and oxygen atoms in total. The van der Waals surface area contributed by atoms with E-state index in [0.29, 0.717) is 10.9 Å². The van der Waals surface area contributed by atoms with Crippen LogP contribution >= 0.6 is 7.82 Å². The van der Waals surface area contributed by atoms with Gasteiger partial charge in [0.05, 0.1) is 29.8 Å². The third-order valence-electron chi connectivity index (χ3n) is 5.74. The van der Waals surface area contributed by atoms with Gasteiger partial charge in [0.1, 0.15) is 5.75 Å². The Balaban J connectivity index is 1.74. The normalized spacial score (nSPS) is 16.5. The second-order valence-electron chi connectivity index (χ2n) is 8.62. The highest BCUT2D eigenvalue weighted by molar-refractivity contribution is 7.46. The fraction of sp³-hybridized carbons (Fsp3) is 0.250. The van der Waals surface area contributed by atoms with Gasteiger partial charge in [0, 0.05) is 17.8 Å². The molecule has 1 atom stereocenters. The van der Waals surface area contributed by atoms with E-state index < -0.39 is 38.3 Å². The molecule has 1 unspecified atom stereocenters. The summed E-state index contributed by atoms with van der Waals surface area (Å²) in [5.41, 5.74) is 0.780. The number of fused-ring (bicyclic) bond motifs is 1. The Morgan fingerprint density at radius 1 is 1.23 bits per heavy atom. The molecule has 0 saturated carbocycles. The van der Waals surface area contributed by atoms with Crippen LogP contribution in [0.2, 0.25) is 0 Å². The SMILES string of the molecule is CC1=C(Oc2cc(C)cc(C#N)c2)C(=O)N(Cc2nn(COP(=O)(O)O)c3ncccc23)C=CC1C(F)(F)F. The fourth-order valence-electron chi connectivity index (χ4n) is 4.01. The van der Waals surface area contributed by atoms with Crippen LogP contribution < -0.4 is 4.74 Å². The van der Waals surface area contributed by atoms with Crippen LogP contribution in [0.25, 0.3) is 11.0 Å². The number of phosphoric acid groups is 1. The number of benzene rings is 1. The first kappa shape index (κ1) is 28.0. The predicted octanol–water partition coefficient (Wildman–Crippen LogP) is 4.07. The zero-order chi connectivity index (χ0) is 28.5. The van der Waals surface area contributed by atoms with Gasteiger partial charge in [-0.1, -0.05) is 6.08 Å². The van der Waals surface area contributed by atoms with Gasteiger partial charge >= 0.3 is 14.0 Å². The molecule has 15 heteroatoms. The molecule has 204 valence electrons. The van der Waals surface area contributed by atoms with Crippen molar-refractivity contribution in [2.24, 2.45) is 5.92 Å². The quantitative estimate of drug-likeness (QED) is 0.406. The van der Waals surface area contributed by atoms with E-state index in [1.165, 1.54) is 18.3 Å². The Hall–Kier alpha value is -4.02. The number of halogens is 3. The van der Waals surface area contributed by atoms with E-state index in [1.54, 1.807) is 25.1 Å². The van der Waals surface area contributed by atoms with E-state index in [9.17, 15) is 27.8 Å². The number of hydrogen-bond donors (Lipinski definition) is 2. The van der Waals surface area contributed by atoms with E-state index in [1.807, 2.05) is 6.07 Å². The minimum Gasteiger partial charge on any atom is -0.452 e. The second-order valence-corrected chi connectivity index (χ2v) is 9.86. The number of aromatic nitrogens is 3. The Kier molecular flexibility index (Phi) is 7.63. The fourth-order valence-corrected chi connectivity index (χ4v) is 4.27. The maximum Gasteiger partial charge on any atom is 0.471 e. The molecule has 0 bridgehead atoms. The number of phosphoric ester groups is 1. The number of alkyl halides is 3. The van der Waals surface area contributed by atoms with Gasteiger partial charge in [0.25, 0.3) is 5.91 Å². The first-order chi connectivity index (χ1) is 18.3. The zero-order valence-electron chi connectivity index (χ0n) is 20.5. The number of allylic oxidation sites excluding steroid dienone is 2. The molecule has 0 aliphatic carbocycles. The van der Waals surface area contributed by atoms with Gasteiger partial charge < -0.3 is 19.4 Å². The summed E-state index contributed by atoms with van der Waals surface area (Å²) in [6.07, 6.45) is -1.50. The van der Waals surface area contributed by atoms with Crippen molar-refractivity contribution in [2.75, 3.05) is 0 Å². The number of amides is 1. The molecule has 1 aliphatic rings. The Morgan fingerprint density at radius 3 is 2.64 bits per heavy atom. The summed E-state index contributed by atoms with van der Waals surface area (Å²) in [5, 5.41) is 13.9. The minimum absolute atomic E-state index is 0.0190. The van der Waals surface area contributed by atoms with Crippen LogP contribution in [0.15, 0.2) is 60.1 Å². The lowest BCUT2D eigenvalue weighted by Crippen LogP contribution is -2.29. The molecule has 0 fully saturated rings. The molecule has 1 amide bonds. The average molecular weight is 563 g/mol. The van der Waals surface area contributed by atoms with Crippen LogP contribution in [0.4, 0.5) is 13.2 Å². The van der Waals surface area contributed by atoms with Crippen molar-refractivity contribution in [1.82, 2.24) is 19.7 Å². The van der Waals surface area contributed by atoms with Crippen molar-refractivity contribution >= 4 is 24.8 Å². The number of carbonyl (C=O) groups excluding carboxylic acids is 1. The van der Waals surface area contributed by atoms with Crippen LogP contribution in [0.5, 0.6) is 5.75 Å². The monoisotopic (exact) mass is 563 g/mol. The molecule has 0 spiro atoms. The maximum absolute atomic E-state index is 13.9. The smallest absolute Gasteiger partial charge is 0.452 e. The van der Waals surface area contributed by atoms with Crippen LogP contribution in [-0.2, 0) is 27.2 Å². The summed E-state index contributed by atoms with van der Waals surface area (Å²) >= 11 is 0. The van der Waals surface area contributed by atoms with Crippen molar-refractivity contribution < 1.29 is 41.6 Å². The van der Waals surface area contributed by atoms with Crippen LogP contribution in [0, 0.1) is 24.2 Å². The minimum atomic E-state index is -4.85. The molecule has 2 N–H and O–H groups in total. The van der Waals surface area contributed by atoms with Crippen LogP contribution in [0.3, 0.4) is 0 Å². The molecule has 3 aromatic rings. The summed E-state index contributed by atoms with van der Waals surface area (Å²) in [5.74, 6) is -3.57. The highest BCUT2D eigenvalue weighted by Crippen LogP contribution is 2.38. The highest BCUT2D eigenvalue weighted by atomic mass is 31.2. The maximum atomic E-state index is 13.9. The lowest BCUT2D eigenvalue weighted by molar-refractivity contribution is -0.151. The summed E-state index contributed by atoms with van der Waals surface area (Å²) in [7, 11) is -4.85. The van der Waals surface area contributed by atoms with Gasteiger partial charge in [-0.05, 0) is 55.3 Å². The molecule has 1 aliphatic heterocycles. The van der Waals surface area contributed by atoms with Crippen LogP contribution in [-0.4, -0.2) is 41.5 Å². The van der Waals surface area contributed by atoms with Gasteiger partial charge in [0.15, 0.2) is 18.1 Å². The van der Waals surface area contributed by atoms with E-state index in [0.717, 1.165) is 28.8 Å². The summed E-state index contributed by atoms with van der Waals surface area (Å²) in [4.78, 5) is 36.7. The van der Waals surface area contributed by atoms with Gasteiger partial charge in [-0.2, -0.15) is 23.5 Å². The molecule has 2 aromatic heterocycles. The Bertz CT molecular complexity index is 1590. The average Bonchev–Trinajstić information content (AvgIpc) is 3.15. The number of aryl methyl sites for hydroxylation is 1. The van der Waals surface area contributed by atoms with Crippen LogP contribution in [0.1, 0.15) is 23.7 Å². The Morgan fingerprint density at radius 2 is 1.97 bits per heavy atom. The largest absolute Gasteiger partial charge is 0.471 e. The van der Waals surface area contributed by atoms with Crippen molar-refractivity contribution in [3.8, 4) is 11.8 Å². The third kappa shape index (κ3) is 6.35. The lowest BCUT2D eigenvalue weighted by atomic mass is 9.99. The van der Waals surface area contributed by atoms with Crippen molar-refractivity contribution in [3.63, 3.8) is 0 Å². The predicted molar refractivity (Wildman–Crippen MR) is 129 cm³/mol. The van der Waals surface area contributed by atoms with Gasteiger partial charge in [-0.3, -0.25) is 9.32 Å². The summed E-state index contributed by atoms with van der Waals surface area (Å²) < 4.78 is 64.2. The standard InChI is InChI=1S/C24H21F3N5O6P/c1-14-8-16(11-28)10-17(9-14)38-21-15(2)19(24(25,26)27)5-7-31(23(21)33)12-20-18-4-3-6-29-22(18)32(30-20)13-37-39(34,35)36/h3-10,19H,12-13H2,1-2H3,(H2,34,35,36). The molecule has 1 aromatic carbocycles. The van der Waals surface area contributed by atoms with Crippen molar-refractivity contribution in [2.45, 2.75) is 33.3 Å². The summed E-state index contributed by atoms with van der Waals surface area (Å²) in [6, 6.07) is 9.43. The number of pyridine rings is 1. The van der Waals surface area contributed by atoms with Gasteiger partial charge in [-0.25, -0.2) is 14.2 Å². The Labute approximate surface area is 219 Å². The molecule has 3 heterocycles. The molecular weight excluding hydrogens is 542 g/mol. The topological polar surface area (TPSA) is 151 Å².